The summed E-state index contributed by atoms with van der Waals surface area (Å²) in [6.07, 6.45) is 24.7. The van der Waals surface area contributed by atoms with Gasteiger partial charge in [0.2, 0.25) is 6.29 Å². The van der Waals surface area contributed by atoms with Crippen molar-refractivity contribution >= 4 is 24.1 Å². The minimum atomic E-state index is -0.678. The van der Waals surface area contributed by atoms with Crippen molar-refractivity contribution in [3.63, 3.8) is 0 Å². The van der Waals surface area contributed by atoms with Gasteiger partial charge in [-0.1, -0.05) is 175 Å². The Kier molecular flexibility index (Phi) is 20.0. The first kappa shape index (κ1) is 52.7. The molecule has 0 bridgehead atoms. The van der Waals surface area contributed by atoms with E-state index in [0.29, 0.717) is 19.2 Å². The molecule has 7 aromatic rings. The van der Waals surface area contributed by atoms with Gasteiger partial charge in [-0.25, -0.2) is 14.7 Å². The molecule has 1 aliphatic heterocycles. The second kappa shape index (κ2) is 28.0. The molecular weight excluding hydrogens is 913 g/mol. The van der Waals surface area contributed by atoms with E-state index < -0.39 is 6.29 Å². The van der Waals surface area contributed by atoms with Crippen LogP contribution in [0.25, 0.3) is 39.2 Å². The number of hydrazone groups is 1. The Bertz CT molecular complexity index is 2880. The molecular formula is C64H74N8O2. The van der Waals surface area contributed by atoms with E-state index in [2.05, 4.69) is 116 Å². The lowest BCUT2D eigenvalue weighted by atomic mass is 9.99. The maximum absolute atomic E-state index is 5.68. The molecule has 74 heavy (non-hydrogen) atoms. The summed E-state index contributed by atoms with van der Waals surface area (Å²) in [5.41, 5.74) is 12.8. The number of imidazole rings is 1. The second-order valence-electron chi connectivity index (χ2n) is 19.0. The first-order chi connectivity index (χ1) is 36.5. The van der Waals surface area contributed by atoms with Crippen molar-refractivity contribution in [3.8, 4) is 45.0 Å². The summed E-state index contributed by atoms with van der Waals surface area (Å²) < 4.78 is 13.0. The van der Waals surface area contributed by atoms with Crippen LogP contribution in [0.2, 0.25) is 0 Å². The number of aryl methyl sites for hydroxylation is 2. The van der Waals surface area contributed by atoms with Gasteiger partial charge in [-0.2, -0.15) is 10.2 Å². The van der Waals surface area contributed by atoms with Gasteiger partial charge in [0.15, 0.2) is 0 Å². The fourth-order valence-corrected chi connectivity index (χ4v) is 9.06. The number of unbranched alkanes of at least 4 members (excludes halogenated alkanes) is 10. The maximum atomic E-state index is 5.68. The Hall–Kier alpha value is -7.59. The summed E-state index contributed by atoms with van der Waals surface area (Å²) >= 11 is 0. The highest BCUT2D eigenvalue weighted by Gasteiger charge is 2.25. The first-order valence-corrected chi connectivity index (χ1v) is 27.2. The molecule has 0 radical (unpaired) electrons. The van der Waals surface area contributed by atoms with Crippen molar-refractivity contribution in [2.75, 3.05) is 13.2 Å². The lowest BCUT2D eigenvalue weighted by Gasteiger charge is -2.15. The predicted molar refractivity (Wildman–Crippen MR) is 306 cm³/mol. The molecule has 382 valence electrons. The number of nitrogens with zero attached hydrogens (tertiary/aromatic N) is 7. The van der Waals surface area contributed by atoms with Crippen molar-refractivity contribution in [2.45, 2.75) is 124 Å². The zero-order valence-corrected chi connectivity index (χ0v) is 44.0. The molecule has 1 aliphatic rings. The minimum absolute atomic E-state index is 0.320. The van der Waals surface area contributed by atoms with Crippen LogP contribution < -0.4 is 14.8 Å². The quantitative estimate of drug-likeness (QED) is 0.0299. The van der Waals surface area contributed by atoms with Crippen LogP contribution in [-0.2, 0) is 12.8 Å². The normalized spacial score (nSPS) is 13.6. The highest BCUT2D eigenvalue weighted by atomic mass is 16.5. The molecule has 0 saturated carbocycles. The van der Waals surface area contributed by atoms with Gasteiger partial charge < -0.3 is 14.8 Å². The number of ether oxygens (including phenoxy) is 2. The average Bonchev–Trinajstić information content (AvgIpc) is 4.06. The number of hydrogen-bond donors (Lipinski definition) is 1. The molecule has 1 unspecified atom stereocenters. The van der Waals surface area contributed by atoms with Crippen molar-refractivity contribution in [2.24, 2.45) is 20.4 Å². The van der Waals surface area contributed by atoms with Crippen molar-refractivity contribution in [1.29, 1.82) is 0 Å². The standard InChI is InChI=1S/C64H74N8O2/c1-5-9-11-13-15-17-19-49-21-29-53(30-22-49)55-33-37-57(38-34-55)61-47-71(65-45-51-25-41-59(42-26-51)73-7-3)63(67-61)69-70-64-68-62(48-72(64)66-46-52-27-43-60(44-28-52)74-8-4)58-39-35-56(36-40-58)54-31-23-50(24-32-54)20-18-16-14-12-10-6-2/h21-48,63,67H,5-20H2,1-4H3/b65-45+,66-46+,70-69?. The molecule has 6 aromatic carbocycles. The number of nitrogens with one attached hydrogen (secondary N) is 1. The van der Waals surface area contributed by atoms with Crippen molar-refractivity contribution in [1.82, 2.24) is 20.0 Å². The van der Waals surface area contributed by atoms with E-state index in [1.54, 1.807) is 15.9 Å². The van der Waals surface area contributed by atoms with E-state index in [0.717, 1.165) is 69.1 Å². The SMILES string of the molecule is CCCCCCCCc1ccc(-c2ccc(C3=CN(/N=C/c4ccc(OCC)cc4)C(N=Nc4nc(-c5ccc(-c6ccc(CCCCCCCC)cc6)cc5)cn4/N=C/c4ccc(OCC)cc4)N3)cc2)cc1. The second-order valence-corrected chi connectivity index (χ2v) is 19.0. The van der Waals surface area contributed by atoms with Crippen LogP contribution >= 0.6 is 0 Å². The maximum Gasteiger partial charge on any atom is 0.270 e. The zero-order valence-electron chi connectivity index (χ0n) is 44.0. The molecule has 0 aliphatic carbocycles. The summed E-state index contributed by atoms with van der Waals surface area (Å²) in [6.45, 7) is 9.70. The van der Waals surface area contributed by atoms with Crippen LogP contribution in [-0.4, -0.2) is 46.6 Å². The summed E-state index contributed by atoms with van der Waals surface area (Å²) in [6, 6.07) is 50.9. The summed E-state index contributed by atoms with van der Waals surface area (Å²) in [4.78, 5) is 5.00. The molecule has 0 spiro atoms. The lowest BCUT2D eigenvalue weighted by Crippen LogP contribution is -2.30. The van der Waals surface area contributed by atoms with E-state index in [-0.39, 0.29) is 0 Å². The van der Waals surface area contributed by atoms with Crippen LogP contribution in [0.1, 0.15) is 133 Å². The van der Waals surface area contributed by atoms with Crippen LogP contribution in [0.15, 0.2) is 178 Å². The van der Waals surface area contributed by atoms with Crippen LogP contribution in [0, 0.1) is 0 Å². The average molecular weight is 987 g/mol. The molecule has 1 aromatic heterocycles. The molecule has 0 fully saturated rings. The molecule has 10 nitrogen and oxygen atoms in total. The van der Waals surface area contributed by atoms with E-state index in [4.69, 9.17) is 34.9 Å². The topological polar surface area (TPSA) is 101 Å². The monoisotopic (exact) mass is 987 g/mol. The van der Waals surface area contributed by atoms with Crippen LogP contribution in [0.5, 0.6) is 11.5 Å². The van der Waals surface area contributed by atoms with Gasteiger partial charge in [0.1, 0.15) is 11.5 Å². The van der Waals surface area contributed by atoms with Crippen molar-refractivity contribution in [3.05, 3.63) is 186 Å². The van der Waals surface area contributed by atoms with Gasteiger partial charge in [-0.15, -0.1) is 10.2 Å². The third-order valence-electron chi connectivity index (χ3n) is 13.4. The van der Waals surface area contributed by atoms with Crippen molar-refractivity contribution < 1.29 is 9.47 Å². The van der Waals surface area contributed by atoms with Gasteiger partial charge in [0, 0.05) is 5.56 Å². The van der Waals surface area contributed by atoms with E-state index in [9.17, 15) is 0 Å². The third-order valence-corrected chi connectivity index (χ3v) is 13.4. The van der Waals surface area contributed by atoms with Gasteiger partial charge in [0.05, 0.1) is 49.4 Å². The number of hydrogen-bond acceptors (Lipinski definition) is 9. The highest BCUT2D eigenvalue weighted by molar-refractivity contribution is 5.81. The van der Waals surface area contributed by atoms with E-state index >= 15 is 0 Å². The summed E-state index contributed by atoms with van der Waals surface area (Å²) in [5, 5.41) is 24.7. The van der Waals surface area contributed by atoms with Crippen LogP contribution in [0.3, 0.4) is 0 Å². The van der Waals surface area contributed by atoms with Crippen LogP contribution in [0.4, 0.5) is 5.95 Å². The lowest BCUT2D eigenvalue weighted by molar-refractivity contribution is 0.293. The van der Waals surface area contributed by atoms with Gasteiger partial charge in [0.25, 0.3) is 5.95 Å². The van der Waals surface area contributed by atoms with E-state index in [1.807, 2.05) is 81.0 Å². The molecule has 1 atom stereocenters. The Morgan fingerprint density at radius 2 is 0.919 bits per heavy atom. The summed E-state index contributed by atoms with van der Waals surface area (Å²) in [7, 11) is 0. The smallest absolute Gasteiger partial charge is 0.270 e. The Labute approximate surface area is 440 Å². The largest absolute Gasteiger partial charge is 0.494 e. The first-order valence-electron chi connectivity index (χ1n) is 27.2. The van der Waals surface area contributed by atoms with Gasteiger partial charge >= 0.3 is 0 Å². The predicted octanol–water partition coefficient (Wildman–Crippen LogP) is 16.7. The molecule has 2 heterocycles. The fourth-order valence-electron chi connectivity index (χ4n) is 9.06. The van der Waals surface area contributed by atoms with Gasteiger partial charge in [-0.3, -0.25) is 0 Å². The van der Waals surface area contributed by atoms with Gasteiger partial charge in [-0.05, 0) is 138 Å². The zero-order chi connectivity index (χ0) is 51.2. The number of aromatic nitrogens is 2. The Balaban J connectivity index is 1.01. The molecule has 10 heteroatoms. The Morgan fingerprint density at radius 1 is 0.486 bits per heavy atom. The third kappa shape index (κ3) is 15.5. The fraction of sp³-hybridized carbons (Fsp3) is 0.328. The number of rotatable bonds is 28. The molecule has 1 N–H and O–H groups in total. The molecule has 0 saturated heterocycles. The number of azo groups is 1. The highest BCUT2D eigenvalue weighted by Crippen LogP contribution is 2.30. The minimum Gasteiger partial charge on any atom is -0.494 e. The molecule has 0 amide bonds. The Morgan fingerprint density at radius 3 is 1.41 bits per heavy atom. The summed E-state index contributed by atoms with van der Waals surface area (Å²) in [5.74, 6) is 1.94. The number of benzene rings is 6. The van der Waals surface area contributed by atoms with E-state index in [1.165, 1.54) is 99.3 Å². The molecule has 8 rings (SSSR count).